The van der Waals surface area contributed by atoms with Gasteiger partial charge >= 0.3 is 0 Å². The zero-order chi connectivity index (χ0) is 12.8. The second-order valence-electron chi connectivity index (χ2n) is 3.88. The largest absolute Gasteiger partial charge is 0.508 e. The van der Waals surface area contributed by atoms with Gasteiger partial charge in [-0.1, -0.05) is 12.1 Å². The van der Waals surface area contributed by atoms with Crippen LogP contribution in [0.4, 0.5) is 5.95 Å². The summed E-state index contributed by atoms with van der Waals surface area (Å²) in [5.74, 6) is 0.799. The molecule has 0 radical (unpaired) electrons. The van der Waals surface area contributed by atoms with E-state index in [9.17, 15) is 5.11 Å². The Balaban J connectivity index is 2.16. The zero-order valence-corrected chi connectivity index (χ0v) is 10.0. The second-order valence-corrected chi connectivity index (χ2v) is 3.88. The highest BCUT2D eigenvalue weighted by Crippen LogP contribution is 2.21. The number of nitrogens with zero attached hydrogens (tertiary/aromatic N) is 2. The number of aromatic hydroxyl groups is 1. The Labute approximate surface area is 106 Å². The molecule has 1 aromatic heterocycles. The van der Waals surface area contributed by atoms with Crippen molar-refractivity contribution in [3.63, 3.8) is 0 Å². The van der Waals surface area contributed by atoms with Crippen molar-refractivity contribution >= 4 is 5.95 Å². The van der Waals surface area contributed by atoms with Gasteiger partial charge in [0.05, 0.1) is 5.69 Å². The van der Waals surface area contributed by atoms with E-state index >= 15 is 0 Å². The molecule has 0 aliphatic heterocycles. The molecule has 0 saturated carbocycles. The smallest absolute Gasteiger partial charge is 0.223 e. The van der Waals surface area contributed by atoms with Crippen molar-refractivity contribution in [3.05, 3.63) is 36.5 Å². The molecule has 4 N–H and O–H groups in total. The normalized spacial score (nSPS) is 10.3. The molecule has 5 heteroatoms. The predicted octanol–water partition coefficient (Wildman–Crippen LogP) is 1.61. The van der Waals surface area contributed by atoms with Gasteiger partial charge in [-0.2, -0.15) is 0 Å². The molecule has 0 bridgehead atoms. The lowest BCUT2D eigenvalue weighted by atomic mass is 10.1. The first-order chi connectivity index (χ1) is 8.79. The number of benzene rings is 1. The second kappa shape index (κ2) is 5.97. The molecule has 0 amide bonds. The van der Waals surface area contributed by atoms with E-state index in [0.717, 1.165) is 24.2 Å². The number of hydrogen-bond donors (Lipinski definition) is 3. The first-order valence-electron chi connectivity index (χ1n) is 5.86. The summed E-state index contributed by atoms with van der Waals surface area (Å²) in [6.45, 7) is 1.39. The molecule has 0 aliphatic carbocycles. The number of rotatable bonds is 5. The van der Waals surface area contributed by atoms with Gasteiger partial charge in [-0.15, -0.1) is 0 Å². The van der Waals surface area contributed by atoms with Crippen molar-refractivity contribution in [2.75, 3.05) is 18.4 Å². The summed E-state index contributed by atoms with van der Waals surface area (Å²) in [5, 5.41) is 12.5. The third kappa shape index (κ3) is 3.18. The summed E-state index contributed by atoms with van der Waals surface area (Å²) in [6, 6.07) is 8.79. The minimum Gasteiger partial charge on any atom is -0.508 e. The van der Waals surface area contributed by atoms with Gasteiger partial charge in [0, 0.05) is 18.3 Å². The quantitative estimate of drug-likeness (QED) is 0.696. The molecule has 94 valence electrons. The Kier molecular flexibility index (Phi) is 4.09. The van der Waals surface area contributed by atoms with Crippen LogP contribution in [0.5, 0.6) is 5.75 Å². The average molecular weight is 244 g/mol. The first-order valence-corrected chi connectivity index (χ1v) is 5.86. The van der Waals surface area contributed by atoms with Crippen molar-refractivity contribution in [3.8, 4) is 17.0 Å². The fourth-order valence-corrected chi connectivity index (χ4v) is 1.57. The van der Waals surface area contributed by atoms with Gasteiger partial charge in [0.1, 0.15) is 5.75 Å². The highest BCUT2D eigenvalue weighted by molar-refractivity contribution is 5.61. The number of phenolic OH excluding ortho intramolecular Hbond substituents is 1. The molecule has 2 aromatic rings. The van der Waals surface area contributed by atoms with Crippen molar-refractivity contribution < 1.29 is 5.11 Å². The van der Waals surface area contributed by atoms with E-state index in [4.69, 9.17) is 5.73 Å². The monoisotopic (exact) mass is 244 g/mol. The van der Waals surface area contributed by atoms with E-state index in [0.29, 0.717) is 12.5 Å². The zero-order valence-electron chi connectivity index (χ0n) is 10.0. The highest BCUT2D eigenvalue weighted by Gasteiger charge is 2.02. The molecular weight excluding hydrogens is 228 g/mol. The molecule has 5 nitrogen and oxygen atoms in total. The molecule has 0 fully saturated rings. The minimum atomic E-state index is 0.226. The number of aromatic nitrogens is 2. The van der Waals surface area contributed by atoms with Crippen LogP contribution < -0.4 is 11.1 Å². The lowest BCUT2D eigenvalue weighted by Gasteiger charge is -2.06. The Hall–Kier alpha value is -2.14. The molecule has 18 heavy (non-hydrogen) atoms. The Morgan fingerprint density at radius 3 is 2.94 bits per heavy atom. The Bertz CT molecular complexity index is 516. The summed E-state index contributed by atoms with van der Waals surface area (Å²) in [4.78, 5) is 8.52. The van der Waals surface area contributed by atoms with Gasteiger partial charge in [0.25, 0.3) is 0 Å². The number of nitrogens with one attached hydrogen (secondary N) is 1. The molecule has 1 aromatic carbocycles. The fourth-order valence-electron chi connectivity index (χ4n) is 1.57. The lowest BCUT2D eigenvalue weighted by Crippen LogP contribution is -2.10. The lowest BCUT2D eigenvalue weighted by molar-refractivity contribution is 0.475. The van der Waals surface area contributed by atoms with E-state index in [1.807, 2.05) is 12.1 Å². The van der Waals surface area contributed by atoms with Crippen molar-refractivity contribution in [1.82, 2.24) is 9.97 Å². The van der Waals surface area contributed by atoms with E-state index in [1.165, 1.54) is 0 Å². The summed E-state index contributed by atoms with van der Waals surface area (Å²) in [5.41, 5.74) is 7.06. The molecule has 0 spiro atoms. The van der Waals surface area contributed by atoms with Crippen molar-refractivity contribution in [1.29, 1.82) is 0 Å². The summed E-state index contributed by atoms with van der Waals surface area (Å²) in [6.07, 6.45) is 2.57. The van der Waals surface area contributed by atoms with Gasteiger partial charge < -0.3 is 16.2 Å². The van der Waals surface area contributed by atoms with E-state index < -0.39 is 0 Å². The highest BCUT2D eigenvalue weighted by atomic mass is 16.3. The minimum absolute atomic E-state index is 0.226. The molecular formula is C13H16N4O. The van der Waals surface area contributed by atoms with Crippen LogP contribution >= 0.6 is 0 Å². The molecule has 0 atom stereocenters. The first kappa shape index (κ1) is 12.3. The number of nitrogens with two attached hydrogens (primary N) is 1. The molecule has 0 aliphatic rings. The summed E-state index contributed by atoms with van der Waals surface area (Å²) in [7, 11) is 0. The maximum Gasteiger partial charge on any atom is 0.223 e. The van der Waals surface area contributed by atoms with Crippen LogP contribution in [0.3, 0.4) is 0 Å². The van der Waals surface area contributed by atoms with Crippen LogP contribution in [-0.2, 0) is 0 Å². The molecule has 0 saturated heterocycles. The maximum atomic E-state index is 9.44. The van der Waals surface area contributed by atoms with Crippen molar-refractivity contribution in [2.45, 2.75) is 6.42 Å². The summed E-state index contributed by atoms with van der Waals surface area (Å²) < 4.78 is 0. The predicted molar refractivity (Wildman–Crippen MR) is 71.3 cm³/mol. The Morgan fingerprint density at radius 1 is 1.28 bits per heavy atom. The van der Waals surface area contributed by atoms with Gasteiger partial charge in [-0.25, -0.2) is 9.97 Å². The topological polar surface area (TPSA) is 84.1 Å². The Morgan fingerprint density at radius 2 is 2.17 bits per heavy atom. The third-order valence-corrected chi connectivity index (χ3v) is 2.46. The number of anilines is 1. The van der Waals surface area contributed by atoms with Crippen LogP contribution in [0.15, 0.2) is 36.5 Å². The molecule has 2 rings (SSSR count). The van der Waals surface area contributed by atoms with Gasteiger partial charge in [-0.05, 0) is 31.2 Å². The van der Waals surface area contributed by atoms with E-state index in [-0.39, 0.29) is 5.75 Å². The van der Waals surface area contributed by atoms with Gasteiger partial charge in [0.15, 0.2) is 0 Å². The number of phenols is 1. The summed E-state index contributed by atoms with van der Waals surface area (Å²) >= 11 is 0. The SMILES string of the molecule is NCCCNc1nccc(-c2cccc(O)c2)n1. The maximum absolute atomic E-state index is 9.44. The van der Waals surface area contributed by atoms with E-state index in [1.54, 1.807) is 24.4 Å². The van der Waals surface area contributed by atoms with Crippen LogP contribution in [0, 0.1) is 0 Å². The average Bonchev–Trinajstić information content (AvgIpc) is 2.39. The standard InChI is InChI=1S/C13H16N4O/c14-6-2-7-15-13-16-8-5-12(17-13)10-3-1-4-11(18)9-10/h1,3-5,8-9,18H,2,6-7,14H2,(H,15,16,17). The van der Waals surface area contributed by atoms with Crippen LogP contribution in [0.2, 0.25) is 0 Å². The molecule has 0 unspecified atom stereocenters. The fraction of sp³-hybridized carbons (Fsp3) is 0.231. The third-order valence-electron chi connectivity index (χ3n) is 2.46. The van der Waals surface area contributed by atoms with Gasteiger partial charge in [0.2, 0.25) is 5.95 Å². The van der Waals surface area contributed by atoms with E-state index in [2.05, 4.69) is 15.3 Å². The van der Waals surface area contributed by atoms with Crippen LogP contribution in [0.1, 0.15) is 6.42 Å². The number of hydrogen-bond acceptors (Lipinski definition) is 5. The molecule has 1 heterocycles. The van der Waals surface area contributed by atoms with Crippen LogP contribution in [-0.4, -0.2) is 28.2 Å². The van der Waals surface area contributed by atoms with Gasteiger partial charge in [-0.3, -0.25) is 0 Å². The van der Waals surface area contributed by atoms with Crippen molar-refractivity contribution in [2.24, 2.45) is 5.73 Å². The van der Waals surface area contributed by atoms with Crippen LogP contribution in [0.25, 0.3) is 11.3 Å².